The molecule has 0 amide bonds. The van der Waals surface area contributed by atoms with Crippen LogP contribution in [0.15, 0.2) is 146 Å². The van der Waals surface area contributed by atoms with E-state index in [1.165, 1.54) is 22.3 Å². The fraction of sp³-hybridized carbons (Fsp3) is 0.222. The van der Waals surface area contributed by atoms with Crippen molar-refractivity contribution in [3.05, 3.63) is 194 Å². The van der Waals surface area contributed by atoms with Gasteiger partial charge < -0.3 is 40.0 Å². The number of rotatable bonds is 16. The fourth-order valence-corrected chi connectivity index (χ4v) is 8.59. The van der Waals surface area contributed by atoms with E-state index in [0.717, 1.165) is 122 Å². The number of fused-ring (bicyclic) bond motifs is 2. The van der Waals surface area contributed by atoms with Crippen LogP contribution in [0.1, 0.15) is 61.3 Å². The number of aromatic nitrogens is 6. The number of hydrogen-bond acceptors (Lipinski definition) is 8. The SMILES string of the molecule is Cc1[n-]nc(CCCCCN2[CH-]N(c3[c-]cccc3)c3ncccc32)c1-c1ccccc1.Cc1[n-]nc(CCCCCN2[CH-]N(c3[c-]cccc3)c3ncccc32)c1-c1ccccc1.[Pt].[Pt]. The van der Waals surface area contributed by atoms with Gasteiger partial charge in [0, 0.05) is 77.3 Å². The molecule has 0 bridgehead atoms. The predicted octanol–water partition coefficient (Wildman–Crippen LogP) is 11.4. The molecule has 0 unspecified atom stereocenters. The molecular formula is C54H52N10Pt2-6. The standard InChI is InChI=1S/2C27H26N5.2Pt/c2*1-21-26(22-12-5-2-6-13-22)24(30-29-21)16-9-4-10-19-31-20-32(23-14-7-3-8-15-23)27-25(31)17-11-18-28-27;;/h2*2-3,5-8,11-14,17-18,20H,4,9-10,16,19H2,1H3;;/q2*-3;;. The molecular weight excluding hydrogens is 1180 g/mol. The van der Waals surface area contributed by atoms with Crippen LogP contribution in [0.3, 0.4) is 0 Å². The van der Waals surface area contributed by atoms with Gasteiger partial charge in [-0.3, -0.25) is 0 Å². The largest absolute Gasteiger partial charge is 0.578 e. The monoisotopic (exact) mass is 1230 g/mol. The van der Waals surface area contributed by atoms with E-state index in [1.807, 2.05) is 86.9 Å². The number of aryl methyl sites for hydroxylation is 4. The Labute approximate surface area is 418 Å². The van der Waals surface area contributed by atoms with Crippen molar-refractivity contribution in [2.45, 2.75) is 65.2 Å². The Bertz CT molecular complexity index is 2510. The zero-order chi connectivity index (χ0) is 43.5. The minimum Gasteiger partial charge on any atom is -0.578 e. The summed E-state index contributed by atoms with van der Waals surface area (Å²) in [5, 5.41) is 17.6. The molecule has 0 aliphatic carbocycles. The third kappa shape index (κ3) is 11.2. The first kappa shape index (κ1) is 48.1. The van der Waals surface area contributed by atoms with Crippen LogP contribution >= 0.6 is 0 Å². The van der Waals surface area contributed by atoms with E-state index in [-0.39, 0.29) is 42.1 Å². The van der Waals surface area contributed by atoms with Gasteiger partial charge in [-0.05, 0) is 98.1 Å². The van der Waals surface area contributed by atoms with Gasteiger partial charge in [0.25, 0.3) is 0 Å². The summed E-state index contributed by atoms with van der Waals surface area (Å²) in [7, 11) is 0. The molecule has 0 saturated heterocycles. The van der Waals surface area contributed by atoms with Gasteiger partial charge in [0.2, 0.25) is 0 Å². The molecule has 66 heavy (non-hydrogen) atoms. The Kier molecular flexibility index (Phi) is 17.2. The second-order valence-corrected chi connectivity index (χ2v) is 16.1. The van der Waals surface area contributed by atoms with Gasteiger partial charge in [-0.15, -0.1) is 22.8 Å². The Hall–Kier alpha value is -5.82. The average Bonchev–Trinajstić information content (AvgIpc) is 4.13. The van der Waals surface area contributed by atoms with Crippen LogP contribution in [-0.4, -0.2) is 33.3 Å². The summed E-state index contributed by atoms with van der Waals surface area (Å²) < 4.78 is 0. The van der Waals surface area contributed by atoms with Crippen molar-refractivity contribution >= 4 is 34.4 Å². The van der Waals surface area contributed by atoms with E-state index in [4.69, 9.17) is 0 Å². The molecule has 2 aliphatic heterocycles. The summed E-state index contributed by atoms with van der Waals surface area (Å²) >= 11 is 0. The number of pyridine rings is 2. The number of nitrogens with zero attached hydrogens (tertiary/aromatic N) is 10. The molecule has 0 N–H and O–H groups in total. The van der Waals surface area contributed by atoms with E-state index >= 15 is 0 Å². The molecule has 4 aromatic heterocycles. The summed E-state index contributed by atoms with van der Waals surface area (Å²) in [6, 6.07) is 51.8. The van der Waals surface area contributed by atoms with Crippen molar-refractivity contribution in [3.63, 3.8) is 0 Å². The first-order valence-electron chi connectivity index (χ1n) is 22.4. The van der Waals surface area contributed by atoms with Gasteiger partial charge in [-0.1, -0.05) is 87.4 Å². The zero-order valence-electron chi connectivity index (χ0n) is 37.2. The van der Waals surface area contributed by atoms with Gasteiger partial charge in [0.15, 0.2) is 0 Å². The van der Waals surface area contributed by atoms with Crippen LogP contribution in [0.25, 0.3) is 22.3 Å². The van der Waals surface area contributed by atoms with Crippen molar-refractivity contribution in [1.82, 2.24) is 30.4 Å². The number of benzene rings is 4. The van der Waals surface area contributed by atoms with E-state index in [9.17, 15) is 0 Å². The second-order valence-electron chi connectivity index (χ2n) is 16.1. The van der Waals surface area contributed by atoms with Crippen molar-refractivity contribution < 1.29 is 42.1 Å². The van der Waals surface area contributed by atoms with Crippen molar-refractivity contribution in [2.75, 3.05) is 32.7 Å². The van der Waals surface area contributed by atoms with Crippen molar-refractivity contribution in [2.24, 2.45) is 0 Å². The Morgan fingerprint density at radius 2 is 0.909 bits per heavy atom. The summed E-state index contributed by atoms with van der Waals surface area (Å²) in [5.41, 5.74) is 13.4. The maximum absolute atomic E-state index is 4.61. The molecule has 10 nitrogen and oxygen atoms in total. The van der Waals surface area contributed by atoms with Crippen LogP contribution in [0.2, 0.25) is 0 Å². The minimum absolute atomic E-state index is 0. The van der Waals surface area contributed by atoms with Crippen molar-refractivity contribution in [1.29, 1.82) is 0 Å². The third-order valence-electron chi connectivity index (χ3n) is 11.7. The molecule has 4 aromatic carbocycles. The third-order valence-corrected chi connectivity index (χ3v) is 11.7. The summed E-state index contributed by atoms with van der Waals surface area (Å²) in [5.74, 6) is 1.93. The molecule has 12 heteroatoms. The van der Waals surface area contributed by atoms with Gasteiger partial charge in [0.05, 0.1) is 0 Å². The quantitative estimate of drug-likeness (QED) is 0.0688. The first-order valence-corrected chi connectivity index (χ1v) is 22.4. The number of hydrogen-bond donors (Lipinski definition) is 0. The van der Waals surface area contributed by atoms with Gasteiger partial charge >= 0.3 is 0 Å². The number of unbranched alkanes of at least 4 members (excludes halogenated alkanes) is 4. The molecule has 6 heterocycles. The van der Waals surface area contributed by atoms with Crippen LogP contribution in [-0.2, 0) is 55.0 Å². The van der Waals surface area contributed by atoms with Crippen LogP contribution < -0.4 is 29.8 Å². The van der Waals surface area contributed by atoms with Crippen molar-refractivity contribution in [3.8, 4) is 22.3 Å². The summed E-state index contributed by atoms with van der Waals surface area (Å²) in [4.78, 5) is 18.0. The summed E-state index contributed by atoms with van der Waals surface area (Å²) in [6.45, 7) is 10.3. The van der Waals surface area contributed by atoms with Crippen LogP contribution in [0.5, 0.6) is 0 Å². The maximum atomic E-state index is 4.61. The topological polar surface area (TPSA) is 92.7 Å². The second kappa shape index (κ2) is 23.6. The summed E-state index contributed by atoms with van der Waals surface area (Å²) in [6.07, 6.45) is 12.3. The first-order chi connectivity index (χ1) is 31.6. The molecule has 0 spiro atoms. The Morgan fingerprint density at radius 1 is 0.485 bits per heavy atom. The van der Waals surface area contributed by atoms with E-state index in [1.54, 1.807) is 0 Å². The zero-order valence-corrected chi connectivity index (χ0v) is 41.7. The van der Waals surface area contributed by atoms with Gasteiger partial charge in [-0.2, -0.15) is 74.0 Å². The Morgan fingerprint density at radius 3 is 1.32 bits per heavy atom. The van der Waals surface area contributed by atoms with E-state index in [2.05, 4.69) is 148 Å². The fourth-order valence-electron chi connectivity index (χ4n) is 8.59. The molecule has 10 rings (SSSR count). The predicted molar refractivity (Wildman–Crippen MR) is 257 cm³/mol. The molecule has 8 aromatic rings. The smallest absolute Gasteiger partial charge is 0.124 e. The minimum atomic E-state index is 0. The molecule has 0 radical (unpaired) electrons. The maximum Gasteiger partial charge on any atom is 0.124 e. The van der Waals surface area contributed by atoms with Crippen LogP contribution in [0.4, 0.5) is 34.4 Å². The van der Waals surface area contributed by atoms with Gasteiger partial charge in [-0.25, -0.2) is 9.97 Å². The Balaban J connectivity index is 0.000000191. The number of anilines is 6. The van der Waals surface area contributed by atoms with E-state index < -0.39 is 0 Å². The molecule has 0 fully saturated rings. The molecule has 344 valence electrons. The molecule has 0 saturated carbocycles. The van der Waals surface area contributed by atoms with Crippen LogP contribution in [0, 0.1) is 39.3 Å². The molecule has 0 atom stereocenters. The molecule has 2 aliphatic rings. The normalized spacial score (nSPS) is 12.5. The number of para-hydroxylation sites is 2. The van der Waals surface area contributed by atoms with Gasteiger partial charge in [0.1, 0.15) is 11.6 Å². The average molecular weight is 1230 g/mol. The van der Waals surface area contributed by atoms with E-state index in [0.29, 0.717) is 0 Å².